The van der Waals surface area contributed by atoms with Gasteiger partial charge in [-0.3, -0.25) is 4.79 Å². The topological polar surface area (TPSA) is 41.1 Å². The van der Waals surface area contributed by atoms with Crippen LogP contribution < -0.4 is 10.6 Å². The van der Waals surface area contributed by atoms with E-state index in [1.54, 1.807) is 18.2 Å². The minimum atomic E-state index is -0.157. The molecule has 0 saturated carbocycles. The summed E-state index contributed by atoms with van der Waals surface area (Å²) in [6.45, 7) is 4.44. The Kier molecular flexibility index (Phi) is 6.46. The molecule has 23 heavy (non-hydrogen) atoms. The Morgan fingerprint density at radius 3 is 2.39 bits per heavy atom. The van der Waals surface area contributed by atoms with Crippen LogP contribution in [0.5, 0.6) is 0 Å². The fourth-order valence-electron chi connectivity index (χ4n) is 2.40. The van der Waals surface area contributed by atoms with Crippen molar-refractivity contribution < 1.29 is 4.79 Å². The zero-order valence-electron chi connectivity index (χ0n) is 13.1. The van der Waals surface area contributed by atoms with Crippen LogP contribution in [0.15, 0.2) is 48.5 Å². The van der Waals surface area contributed by atoms with Gasteiger partial charge in [0.15, 0.2) is 0 Å². The number of hydrogen-bond donors (Lipinski definition) is 2. The quantitative estimate of drug-likeness (QED) is 0.776. The van der Waals surface area contributed by atoms with E-state index >= 15 is 0 Å². The maximum atomic E-state index is 12.2. The van der Waals surface area contributed by atoms with Crippen LogP contribution in [0.2, 0.25) is 10.0 Å². The van der Waals surface area contributed by atoms with Crippen molar-refractivity contribution in [2.24, 2.45) is 5.92 Å². The fraction of sp³-hybridized carbons (Fsp3) is 0.278. The predicted molar refractivity (Wildman–Crippen MR) is 97.1 cm³/mol. The number of anilines is 1. The highest BCUT2D eigenvalue weighted by Crippen LogP contribution is 2.29. The number of carbonyl (C=O) groups is 1. The number of halogens is 2. The summed E-state index contributed by atoms with van der Waals surface area (Å²) in [7, 11) is 0. The lowest BCUT2D eigenvalue weighted by Gasteiger charge is -2.22. The fourth-order valence-corrected chi connectivity index (χ4v) is 2.74. The highest BCUT2D eigenvalue weighted by molar-refractivity contribution is 6.43. The second-order valence-corrected chi connectivity index (χ2v) is 6.45. The van der Waals surface area contributed by atoms with Crippen LogP contribution >= 0.6 is 23.2 Å². The number of rotatable bonds is 6. The lowest BCUT2D eigenvalue weighted by atomic mass is 9.96. The number of carbonyl (C=O) groups excluding carboxylic acids is 1. The van der Waals surface area contributed by atoms with Crippen LogP contribution in [0.3, 0.4) is 0 Å². The SMILES string of the molecule is CC(C)[C@H](NCC(=O)Nc1cccc(Cl)c1Cl)c1ccccc1. The van der Waals surface area contributed by atoms with E-state index in [-0.39, 0.29) is 18.5 Å². The standard InChI is InChI=1S/C18H20Cl2N2O/c1-12(2)18(13-7-4-3-5-8-13)21-11-16(23)22-15-10-6-9-14(19)17(15)20/h3-10,12,18,21H,11H2,1-2H3,(H,22,23)/t18-/m0/s1. The van der Waals surface area contributed by atoms with Gasteiger partial charge in [0.1, 0.15) is 0 Å². The van der Waals surface area contributed by atoms with Crippen molar-refractivity contribution in [2.75, 3.05) is 11.9 Å². The lowest BCUT2D eigenvalue weighted by molar-refractivity contribution is -0.115. The van der Waals surface area contributed by atoms with E-state index in [4.69, 9.17) is 23.2 Å². The molecule has 0 heterocycles. The lowest BCUT2D eigenvalue weighted by Crippen LogP contribution is -2.33. The third kappa shape index (κ3) is 4.96. The van der Waals surface area contributed by atoms with Crippen LogP contribution in [-0.4, -0.2) is 12.5 Å². The molecule has 0 radical (unpaired) electrons. The molecule has 0 fully saturated rings. The molecule has 0 aromatic heterocycles. The van der Waals surface area contributed by atoms with Gasteiger partial charge in [0, 0.05) is 6.04 Å². The van der Waals surface area contributed by atoms with E-state index in [1.807, 2.05) is 18.2 Å². The molecule has 0 spiro atoms. The third-order valence-electron chi connectivity index (χ3n) is 3.53. The largest absolute Gasteiger partial charge is 0.324 e. The van der Waals surface area contributed by atoms with Gasteiger partial charge in [0.25, 0.3) is 0 Å². The predicted octanol–water partition coefficient (Wildman–Crippen LogP) is 4.92. The van der Waals surface area contributed by atoms with Gasteiger partial charge < -0.3 is 10.6 Å². The molecule has 1 atom stereocenters. The van der Waals surface area contributed by atoms with Crippen molar-refractivity contribution in [3.63, 3.8) is 0 Å². The van der Waals surface area contributed by atoms with Gasteiger partial charge in [-0.2, -0.15) is 0 Å². The first-order valence-corrected chi connectivity index (χ1v) is 8.27. The molecule has 2 aromatic rings. The van der Waals surface area contributed by atoms with Crippen molar-refractivity contribution in [1.82, 2.24) is 5.32 Å². The molecule has 0 aliphatic heterocycles. The van der Waals surface area contributed by atoms with Gasteiger partial charge in [0.05, 0.1) is 22.3 Å². The summed E-state index contributed by atoms with van der Waals surface area (Å²) in [4.78, 5) is 12.2. The molecule has 0 saturated heterocycles. The molecule has 2 aromatic carbocycles. The van der Waals surface area contributed by atoms with Gasteiger partial charge in [-0.1, -0.05) is 73.4 Å². The Labute approximate surface area is 147 Å². The summed E-state index contributed by atoms with van der Waals surface area (Å²) >= 11 is 12.0. The van der Waals surface area contributed by atoms with Crippen molar-refractivity contribution in [2.45, 2.75) is 19.9 Å². The van der Waals surface area contributed by atoms with E-state index in [2.05, 4.69) is 36.6 Å². The van der Waals surface area contributed by atoms with E-state index in [9.17, 15) is 4.79 Å². The van der Waals surface area contributed by atoms with Crippen molar-refractivity contribution in [1.29, 1.82) is 0 Å². The first-order valence-electron chi connectivity index (χ1n) is 7.51. The number of hydrogen-bond acceptors (Lipinski definition) is 2. The molecule has 0 aliphatic carbocycles. The van der Waals surface area contributed by atoms with E-state index in [0.29, 0.717) is 21.7 Å². The normalized spacial score (nSPS) is 12.2. The van der Waals surface area contributed by atoms with E-state index < -0.39 is 0 Å². The Balaban J connectivity index is 1.98. The highest BCUT2D eigenvalue weighted by atomic mass is 35.5. The average Bonchev–Trinajstić information content (AvgIpc) is 2.53. The zero-order valence-corrected chi connectivity index (χ0v) is 14.7. The number of benzene rings is 2. The first-order chi connectivity index (χ1) is 11.0. The second kappa shape index (κ2) is 8.34. The Morgan fingerprint density at radius 1 is 1.04 bits per heavy atom. The molecule has 0 unspecified atom stereocenters. The molecule has 0 bridgehead atoms. The summed E-state index contributed by atoms with van der Waals surface area (Å²) in [5.74, 6) is 0.204. The molecular formula is C18H20Cl2N2O. The van der Waals surface area contributed by atoms with Gasteiger partial charge in [0.2, 0.25) is 5.91 Å². The van der Waals surface area contributed by atoms with Crippen LogP contribution in [0.1, 0.15) is 25.5 Å². The minimum absolute atomic E-state index is 0.108. The summed E-state index contributed by atoms with van der Waals surface area (Å²) in [6.07, 6.45) is 0. The molecule has 3 nitrogen and oxygen atoms in total. The maximum Gasteiger partial charge on any atom is 0.238 e. The Bertz CT molecular complexity index is 659. The number of nitrogens with one attached hydrogen (secondary N) is 2. The first kappa shape index (κ1) is 17.8. The van der Waals surface area contributed by atoms with Gasteiger partial charge >= 0.3 is 0 Å². The Hall–Kier alpha value is -1.55. The monoisotopic (exact) mass is 350 g/mol. The van der Waals surface area contributed by atoms with Crippen LogP contribution in [0, 0.1) is 5.92 Å². The minimum Gasteiger partial charge on any atom is -0.324 e. The third-order valence-corrected chi connectivity index (χ3v) is 4.35. The molecule has 2 N–H and O–H groups in total. The van der Waals surface area contributed by atoms with Crippen molar-refractivity contribution in [3.05, 3.63) is 64.1 Å². The van der Waals surface area contributed by atoms with Gasteiger partial charge in [-0.05, 0) is 23.6 Å². The van der Waals surface area contributed by atoms with E-state index in [0.717, 1.165) is 5.56 Å². The summed E-state index contributed by atoms with van der Waals surface area (Å²) in [6, 6.07) is 15.4. The molecule has 5 heteroatoms. The average molecular weight is 351 g/mol. The second-order valence-electron chi connectivity index (χ2n) is 5.66. The molecule has 2 rings (SSSR count). The summed E-state index contributed by atoms with van der Waals surface area (Å²) in [5.41, 5.74) is 1.68. The van der Waals surface area contributed by atoms with Crippen LogP contribution in [0.4, 0.5) is 5.69 Å². The molecular weight excluding hydrogens is 331 g/mol. The molecule has 122 valence electrons. The van der Waals surface area contributed by atoms with Crippen LogP contribution in [0.25, 0.3) is 0 Å². The highest BCUT2D eigenvalue weighted by Gasteiger charge is 2.16. The number of amides is 1. The zero-order chi connectivity index (χ0) is 16.8. The van der Waals surface area contributed by atoms with E-state index in [1.165, 1.54) is 0 Å². The molecule has 1 amide bonds. The van der Waals surface area contributed by atoms with Crippen LogP contribution in [-0.2, 0) is 4.79 Å². The maximum absolute atomic E-state index is 12.2. The Morgan fingerprint density at radius 2 is 1.74 bits per heavy atom. The molecule has 0 aliphatic rings. The van der Waals surface area contributed by atoms with Gasteiger partial charge in [-0.25, -0.2) is 0 Å². The smallest absolute Gasteiger partial charge is 0.238 e. The van der Waals surface area contributed by atoms with Crippen molar-refractivity contribution >= 4 is 34.8 Å². The summed E-state index contributed by atoms with van der Waals surface area (Å²) < 4.78 is 0. The summed E-state index contributed by atoms with van der Waals surface area (Å²) in [5, 5.41) is 6.85. The van der Waals surface area contributed by atoms with Gasteiger partial charge in [-0.15, -0.1) is 0 Å². The van der Waals surface area contributed by atoms with Crippen molar-refractivity contribution in [3.8, 4) is 0 Å².